The summed E-state index contributed by atoms with van der Waals surface area (Å²) in [5, 5.41) is 11.4. The van der Waals surface area contributed by atoms with E-state index in [4.69, 9.17) is 15.7 Å². The smallest absolute Gasteiger partial charge is 0.235 e. The average molecular weight is 217 g/mol. The van der Waals surface area contributed by atoms with E-state index < -0.39 is 5.41 Å². The van der Waals surface area contributed by atoms with Crippen molar-refractivity contribution in [2.75, 3.05) is 27.3 Å². The Hall–Kier alpha value is -1.30. The summed E-state index contributed by atoms with van der Waals surface area (Å²) in [4.78, 5) is 13.4. The minimum Gasteiger partial charge on any atom is -0.409 e. The second-order valence-corrected chi connectivity index (χ2v) is 3.83. The van der Waals surface area contributed by atoms with Gasteiger partial charge in [0.05, 0.1) is 6.61 Å². The lowest BCUT2D eigenvalue weighted by Gasteiger charge is -2.27. The van der Waals surface area contributed by atoms with Crippen LogP contribution in [0.25, 0.3) is 0 Å². The topological polar surface area (TPSA) is 88.2 Å². The summed E-state index contributed by atoms with van der Waals surface area (Å²) in [6.07, 6.45) is 0. The molecule has 0 aliphatic rings. The number of amidine groups is 1. The lowest BCUT2D eigenvalue weighted by atomic mass is 9.90. The van der Waals surface area contributed by atoms with Crippen LogP contribution in [0.1, 0.15) is 13.8 Å². The standard InChI is InChI=1S/C9H19N3O3/c1-9(2,7(10)11-14)8(13)12(3)5-6-15-4/h14H,5-6H2,1-4H3,(H2,10,11). The van der Waals surface area contributed by atoms with Crippen LogP contribution in [0.5, 0.6) is 0 Å². The molecule has 0 saturated carbocycles. The molecule has 0 bridgehead atoms. The SMILES string of the molecule is COCCN(C)C(=O)C(C)(C)C(N)=NO. The van der Waals surface area contributed by atoms with Gasteiger partial charge in [0, 0.05) is 20.7 Å². The van der Waals surface area contributed by atoms with Gasteiger partial charge in [0.25, 0.3) is 0 Å². The largest absolute Gasteiger partial charge is 0.409 e. The molecular weight excluding hydrogens is 198 g/mol. The maximum absolute atomic E-state index is 11.9. The van der Waals surface area contributed by atoms with Crippen LogP contribution in [-0.2, 0) is 9.53 Å². The van der Waals surface area contributed by atoms with E-state index in [1.807, 2.05) is 0 Å². The number of hydrogen-bond donors (Lipinski definition) is 2. The van der Waals surface area contributed by atoms with Crippen LogP contribution in [0.15, 0.2) is 5.16 Å². The molecule has 0 rings (SSSR count). The monoisotopic (exact) mass is 217 g/mol. The zero-order valence-corrected chi connectivity index (χ0v) is 9.65. The van der Waals surface area contributed by atoms with E-state index in [9.17, 15) is 4.79 Å². The number of likely N-dealkylation sites (N-methyl/N-ethyl adjacent to an activating group) is 1. The van der Waals surface area contributed by atoms with E-state index >= 15 is 0 Å². The number of hydrogen-bond acceptors (Lipinski definition) is 4. The third-order valence-corrected chi connectivity index (χ3v) is 2.26. The van der Waals surface area contributed by atoms with Crippen LogP contribution in [-0.4, -0.2) is 49.2 Å². The number of ether oxygens (including phenoxy) is 1. The number of carbonyl (C=O) groups is 1. The van der Waals surface area contributed by atoms with Gasteiger partial charge in [0.2, 0.25) is 5.91 Å². The molecule has 6 heteroatoms. The number of methoxy groups -OCH3 is 1. The van der Waals surface area contributed by atoms with Crippen LogP contribution >= 0.6 is 0 Å². The second-order valence-electron chi connectivity index (χ2n) is 3.83. The molecule has 3 N–H and O–H groups in total. The van der Waals surface area contributed by atoms with Gasteiger partial charge in [-0.25, -0.2) is 0 Å². The van der Waals surface area contributed by atoms with Crippen molar-refractivity contribution in [2.45, 2.75) is 13.8 Å². The van der Waals surface area contributed by atoms with Gasteiger partial charge in [-0.15, -0.1) is 0 Å². The second kappa shape index (κ2) is 5.55. The number of nitrogens with zero attached hydrogens (tertiary/aromatic N) is 2. The van der Waals surface area contributed by atoms with Gasteiger partial charge in [0.1, 0.15) is 5.41 Å². The van der Waals surface area contributed by atoms with Crippen molar-refractivity contribution in [3.63, 3.8) is 0 Å². The predicted octanol–water partition coefficient (Wildman–Crippen LogP) is -0.136. The number of nitrogens with two attached hydrogens (primary N) is 1. The fraction of sp³-hybridized carbons (Fsp3) is 0.778. The first-order chi connectivity index (χ1) is 6.87. The van der Waals surface area contributed by atoms with E-state index in [0.29, 0.717) is 13.2 Å². The fourth-order valence-electron chi connectivity index (χ4n) is 1.04. The Balaban J connectivity index is 4.55. The third kappa shape index (κ3) is 3.39. The molecule has 0 aromatic carbocycles. The van der Waals surface area contributed by atoms with Crippen molar-refractivity contribution in [1.29, 1.82) is 0 Å². The van der Waals surface area contributed by atoms with Gasteiger partial charge in [-0.1, -0.05) is 5.16 Å². The molecule has 1 amide bonds. The summed E-state index contributed by atoms with van der Waals surface area (Å²) in [6.45, 7) is 4.13. The highest BCUT2D eigenvalue weighted by molar-refractivity contribution is 6.05. The Morgan fingerprint density at radius 3 is 2.53 bits per heavy atom. The van der Waals surface area contributed by atoms with Crippen molar-refractivity contribution in [2.24, 2.45) is 16.3 Å². The van der Waals surface area contributed by atoms with Gasteiger partial charge in [-0.2, -0.15) is 0 Å². The highest BCUT2D eigenvalue weighted by atomic mass is 16.5. The zero-order chi connectivity index (χ0) is 12.1. The first-order valence-corrected chi connectivity index (χ1v) is 4.60. The van der Waals surface area contributed by atoms with Crippen molar-refractivity contribution in [3.05, 3.63) is 0 Å². The summed E-state index contributed by atoms with van der Waals surface area (Å²) in [5.41, 5.74) is 4.44. The van der Waals surface area contributed by atoms with Crippen LogP contribution in [0.4, 0.5) is 0 Å². The predicted molar refractivity (Wildman–Crippen MR) is 56.7 cm³/mol. The van der Waals surface area contributed by atoms with Gasteiger partial charge >= 0.3 is 0 Å². The molecule has 88 valence electrons. The Labute approximate surface area is 89.7 Å². The van der Waals surface area contributed by atoms with Crippen molar-refractivity contribution in [1.82, 2.24) is 4.90 Å². The Morgan fingerprint density at radius 2 is 2.13 bits per heavy atom. The van der Waals surface area contributed by atoms with Crippen molar-refractivity contribution >= 4 is 11.7 Å². The molecule has 0 spiro atoms. The summed E-state index contributed by atoms with van der Waals surface area (Å²) >= 11 is 0. The fourth-order valence-corrected chi connectivity index (χ4v) is 1.04. The van der Waals surface area contributed by atoms with Gasteiger partial charge in [-0.3, -0.25) is 4.79 Å². The van der Waals surface area contributed by atoms with E-state index in [2.05, 4.69) is 5.16 Å². The number of rotatable bonds is 5. The maximum atomic E-state index is 11.9. The Morgan fingerprint density at radius 1 is 1.60 bits per heavy atom. The Kier molecular flexibility index (Phi) is 5.07. The molecule has 0 atom stereocenters. The van der Waals surface area contributed by atoms with Gasteiger partial charge in [-0.05, 0) is 13.8 Å². The summed E-state index contributed by atoms with van der Waals surface area (Å²) in [6, 6.07) is 0. The van der Waals surface area contributed by atoms with E-state index in [1.54, 1.807) is 28.0 Å². The number of carbonyl (C=O) groups excluding carboxylic acids is 1. The summed E-state index contributed by atoms with van der Waals surface area (Å²) < 4.78 is 4.86. The highest BCUT2D eigenvalue weighted by Gasteiger charge is 2.34. The minimum absolute atomic E-state index is 0.100. The van der Waals surface area contributed by atoms with Crippen LogP contribution in [0.3, 0.4) is 0 Å². The van der Waals surface area contributed by atoms with Crippen molar-refractivity contribution < 1.29 is 14.7 Å². The van der Waals surface area contributed by atoms with E-state index in [1.165, 1.54) is 4.90 Å². The van der Waals surface area contributed by atoms with Crippen molar-refractivity contribution in [3.8, 4) is 0 Å². The molecular formula is C9H19N3O3. The van der Waals surface area contributed by atoms with Crippen LogP contribution in [0.2, 0.25) is 0 Å². The lowest BCUT2D eigenvalue weighted by molar-refractivity contribution is -0.136. The Bertz CT molecular complexity index is 251. The summed E-state index contributed by atoms with van der Waals surface area (Å²) in [5.74, 6) is -0.313. The molecule has 0 aromatic heterocycles. The molecule has 0 fully saturated rings. The number of amides is 1. The molecule has 0 aliphatic carbocycles. The quantitative estimate of drug-likeness (QED) is 0.290. The average Bonchev–Trinajstić information content (AvgIpc) is 2.23. The van der Waals surface area contributed by atoms with E-state index in [0.717, 1.165) is 0 Å². The normalized spacial score (nSPS) is 12.7. The molecule has 0 saturated heterocycles. The molecule has 0 aliphatic heterocycles. The van der Waals surface area contributed by atoms with Crippen LogP contribution in [0, 0.1) is 5.41 Å². The zero-order valence-electron chi connectivity index (χ0n) is 9.65. The van der Waals surface area contributed by atoms with Gasteiger partial charge in [0.15, 0.2) is 5.84 Å². The minimum atomic E-state index is -1.00. The molecule has 0 heterocycles. The lowest BCUT2D eigenvalue weighted by Crippen LogP contribution is -2.47. The molecule has 6 nitrogen and oxygen atoms in total. The molecule has 15 heavy (non-hydrogen) atoms. The first kappa shape index (κ1) is 13.7. The maximum Gasteiger partial charge on any atom is 0.235 e. The van der Waals surface area contributed by atoms with E-state index in [-0.39, 0.29) is 11.7 Å². The van der Waals surface area contributed by atoms with Gasteiger partial charge < -0.3 is 20.6 Å². The highest BCUT2D eigenvalue weighted by Crippen LogP contribution is 2.18. The molecule has 0 unspecified atom stereocenters. The number of oxime groups is 1. The first-order valence-electron chi connectivity index (χ1n) is 4.60. The third-order valence-electron chi connectivity index (χ3n) is 2.26. The van der Waals surface area contributed by atoms with Crippen LogP contribution < -0.4 is 5.73 Å². The molecule has 0 aromatic rings. The molecule has 0 radical (unpaired) electrons. The summed E-state index contributed by atoms with van der Waals surface area (Å²) in [7, 11) is 3.21.